The fourth-order valence-corrected chi connectivity index (χ4v) is 2.70. The number of aliphatic hydroxyl groups is 1. The highest BCUT2D eigenvalue weighted by Crippen LogP contribution is 2.05. The predicted octanol–water partition coefficient (Wildman–Crippen LogP) is -2.49. The topological polar surface area (TPSA) is 223 Å². The van der Waals surface area contributed by atoms with Gasteiger partial charge in [-0.25, -0.2) is 0 Å². The van der Waals surface area contributed by atoms with Crippen molar-refractivity contribution in [1.29, 1.82) is 0 Å². The van der Waals surface area contributed by atoms with E-state index < -0.39 is 54.0 Å². The zero-order chi connectivity index (χ0) is 24.0. The quantitative estimate of drug-likeness (QED) is 0.117. The lowest BCUT2D eigenvalue weighted by atomic mass is 10.1. The van der Waals surface area contributed by atoms with Crippen LogP contribution in [0.5, 0.6) is 0 Å². The lowest BCUT2D eigenvalue weighted by Gasteiger charge is -2.26. The third-order valence-corrected chi connectivity index (χ3v) is 4.68. The first-order valence-corrected chi connectivity index (χ1v) is 10.5. The monoisotopic (exact) mass is 446 g/mol. The molecule has 0 fully saturated rings. The molecule has 12 nitrogen and oxygen atoms in total. The van der Waals surface area contributed by atoms with Gasteiger partial charge in [-0.2, -0.15) is 0 Å². The van der Waals surface area contributed by atoms with Crippen LogP contribution in [0.2, 0.25) is 0 Å². The molecule has 11 N–H and O–H groups in total. The summed E-state index contributed by atoms with van der Waals surface area (Å²) in [7, 11) is 0. The van der Waals surface area contributed by atoms with Crippen molar-refractivity contribution < 1.29 is 29.4 Å². The molecule has 0 spiro atoms. The van der Waals surface area contributed by atoms with Crippen LogP contribution in [0, 0.1) is 0 Å². The van der Waals surface area contributed by atoms with Crippen LogP contribution >= 0.6 is 0 Å². The normalized spacial score (nSPS) is 15.8. The summed E-state index contributed by atoms with van der Waals surface area (Å²) in [6.45, 7) is 3.48. The van der Waals surface area contributed by atoms with Crippen molar-refractivity contribution in [2.75, 3.05) is 13.1 Å². The van der Waals surface area contributed by atoms with Crippen LogP contribution in [0.1, 0.15) is 52.4 Å². The van der Waals surface area contributed by atoms with E-state index in [1.165, 1.54) is 13.8 Å². The second-order valence-corrected chi connectivity index (χ2v) is 7.53. The van der Waals surface area contributed by atoms with E-state index >= 15 is 0 Å². The third-order valence-electron chi connectivity index (χ3n) is 4.68. The van der Waals surface area contributed by atoms with Crippen LogP contribution in [0.4, 0.5) is 0 Å². The highest BCUT2D eigenvalue weighted by atomic mass is 16.4. The Labute approximate surface area is 182 Å². The third kappa shape index (κ3) is 11.6. The predicted molar refractivity (Wildman–Crippen MR) is 115 cm³/mol. The van der Waals surface area contributed by atoms with Crippen LogP contribution < -0.4 is 33.2 Å². The molecule has 0 aliphatic carbocycles. The van der Waals surface area contributed by atoms with E-state index in [0.29, 0.717) is 45.2 Å². The zero-order valence-corrected chi connectivity index (χ0v) is 18.3. The van der Waals surface area contributed by atoms with Gasteiger partial charge in [0.25, 0.3) is 0 Å². The van der Waals surface area contributed by atoms with Gasteiger partial charge in [-0.3, -0.25) is 19.2 Å². The molecule has 0 aromatic carbocycles. The van der Waals surface area contributed by atoms with E-state index in [2.05, 4.69) is 16.0 Å². The van der Waals surface area contributed by atoms with Gasteiger partial charge in [0.2, 0.25) is 17.7 Å². The molecule has 0 heterocycles. The summed E-state index contributed by atoms with van der Waals surface area (Å²) >= 11 is 0. The van der Waals surface area contributed by atoms with E-state index in [-0.39, 0.29) is 6.42 Å². The molecule has 0 aliphatic heterocycles. The highest BCUT2D eigenvalue weighted by Gasteiger charge is 2.31. The summed E-state index contributed by atoms with van der Waals surface area (Å²) < 4.78 is 0. The number of carboxylic acids is 1. The SMILES string of the molecule is CC(NC(=O)C(CCCCN)NC(=O)C(NC(=O)C(N)CCCCN)C(C)O)C(=O)O. The first-order valence-electron chi connectivity index (χ1n) is 10.5. The van der Waals surface area contributed by atoms with Gasteiger partial charge in [0.1, 0.15) is 18.1 Å². The van der Waals surface area contributed by atoms with Gasteiger partial charge in [0, 0.05) is 0 Å². The minimum atomic E-state index is -1.34. The van der Waals surface area contributed by atoms with Gasteiger partial charge >= 0.3 is 5.97 Å². The number of amides is 3. The van der Waals surface area contributed by atoms with E-state index in [4.69, 9.17) is 22.3 Å². The lowest BCUT2D eigenvalue weighted by Crippen LogP contribution is -2.59. The number of carboxylic acid groups (broad SMARTS) is 1. The molecule has 0 bridgehead atoms. The second-order valence-electron chi connectivity index (χ2n) is 7.53. The molecule has 3 amide bonds. The Bertz CT molecular complexity index is 588. The average Bonchev–Trinajstić information content (AvgIpc) is 2.70. The maximum absolute atomic E-state index is 12.7. The number of carbonyl (C=O) groups excluding carboxylic acids is 3. The maximum Gasteiger partial charge on any atom is 0.325 e. The van der Waals surface area contributed by atoms with Gasteiger partial charge in [0.15, 0.2) is 0 Å². The highest BCUT2D eigenvalue weighted by molar-refractivity contribution is 5.94. The van der Waals surface area contributed by atoms with Crippen LogP contribution in [0.3, 0.4) is 0 Å². The Morgan fingerprint density at radius 3 is 1.84 bits per heavy atom. The first kappa shape index (κ1) is 28.7. The Morgan fingerprint density at radius 1 is 0.806 bits per heavy atom. The number of aliphatic hydroxyl groups excluding tert-OH is 1. The van der Waals surface area contributed by atoms with Crippen molar-refractivity contribution in [3.8, 4) is 0 Å². The summed E-state index contributed by atoms with van der Waals surface area (Å²) in [5.41, 5.74) is 16.7. The largest absolute Gasteiger partial charge is 0.480 e. The summed E-state index contributed by atoms with van der Waals surface area (Å²) in [4.78, 5) is 48.5. The molecule has 0 saturated carbocycles. The number of unbranched alkanes of at least 4 members (excludes halogenated alkanes) is 2. The van der Waals surface area contributed by atoms with Gasteiger partial charge in [-0.1, -0.05) is 6.42 Å². The van der Waals surface area contributed by atoms with Crippen molar-refractivity contribution in [2.45, 2.75) is 82.6 Å². The van der Waals surface area contributed by atoms with Gasteiger partial charge in [0.05, 0.1) is 12.1 Å². The number of rotatable bonds is 16. The maximum atomic E-state index is 12.7. The average molecular weight is 447 g/mol. The van der Waals surface area contributed by atoms with E-state index in [1.54, 1.807) is 0 Å². The summed E-state index contributed by atoms with van der Waals surface area (Å²) in [6.07, 6.45) is 1.77. The molecule has 31 heavy (non-hydrogen) atoms. The number of nitrogens with two attached hydrogens (primary N) is 3. The Kier molecular flexibility index (Phi) is 14.4. The number of carbonyl (C=O) groups is 4. The van der Waals surface area contributed by atoms with Gasteiger partial charge in [-0.05, 0) is 59.0 Å². The molecule has 5 unspecified atom stereocenters. The summed E-state index contributed by atoms with van der Waals surface area (Å²) in [6, 6.07) is -4.42. The molecule has 12 heteroatoms. The van der Waals surface area contributed by atoms with Crippen LogP contribution in [0.15, 0.2) is 0 Å². The summed E-state index contributed by atoms with van der Waals surface area (Å²) in [5, 5.41) is 26.2. The molecule has 5 atom stereocenters. The fourth-order valence-electron chi connectivity index (χ4n) is 2.70. The van der Waals surface area contributed by atoms with E-state index in [0.717, 1.165) is 0 Å². The molecule has 180 valence electrons. The zero-order valence-electron chi connectivity index (χ0n) is 18.3. The molecule has 0 radical (unpaired) electrons. The van der Waals surface area contributed by atoms with Crippen LogP contribution in [-0.4, -0.2) is 77.3 Å². The molecule has 0 saturated heterocycles. The first-order chi connectivity index (χ1) is 14.5. The Balaban J connectivity index is 5.16. The number of nitrogens with one attached hydrogen (secondary N) is 3. The van der Waals surface area contributed by atoms with Gasteiger partial charge in [-0.15, -0.1) is 0 Å². The molecular weight excluding hydrogens is 408 g/mol. The van der Waals surface area contributed by atoms with Crippen LogP contribution in [0.25, 0.3) is 0 Å². The van der Waals surface area contributed by atoms with Crippen LogP contribution in [-0.2, 0) is 19.2 Å². The van der Waals surface area contributed by atoms with Crippen molar-refractivity contribution in [3.05, 3.63) is 0 Å². The molecular formula is C19H38N6O6. The van der Waals surface area contributed by atoms with Crippen molar-refractivity contribution in [3.63, 3.8) is 0 Å². The molecule has 0 aromatic heterocycles. The minimum Gasteiger partial charge on any atom is -0.480 e. The van der Waals surface area contributed by atoms with E-state index in [1.807, 2.05) is 0 Å². The summed E-state index contributed by atoms with van der Waals surface area (Å²) in [5.74, 6) is -3.30. The van der Waals surface area contributed by atoms with Crippen molar-refractivity contribution in [1.82, 2.24) is 16.0 Å². The van der Waals surface area contributed by atoms with E-state index in [9.17, 15) is 24.3 Å². The Hall–Kier alpha value is -2.28. The molecule has 0 aliphatic rings. The standard InChI is InChI=1S/C19H38N6O6/c1-11(19(30)31)23-17(28)14(8-4-6-10-21)24-18(29)15(12(2)26)25-16(27)13(22)7-3-5-9-20/h11-15,26H,3-10,20-22H2,1-2H3,(H,23,28)(H,24,29)(H,25,27)(H,30,31). The second kappa shape index (κ2) is 15.5. The smallest absolute Gasteiger partial charge is 0.325 e. The number of hydrogen-bond acceptors (Lipinski definition) is 8. The molecule has 0 rings (SSSR count). The fraction of sp³-hybridized carbons (Fsp3) is 0.789. The van der Waals surface area contributed by atoms with Crippen molar-refractivity contribution in [2.24, 2.45) is 17.2 Å². The lowest BCUT2D eigenvalue weighted by molar-refractivity contribution is -0.142. The number of hydrogen-bond donors (Lipinski definition) is 8. The van der Waals surface area contributed by atoms with Gasteiger partial charge < -0.3 is 43.4 Å². The molecule has 0 aromatic rings. The number of aliphatic carboxylic acids is 1. The Morgan fingerprint density at radius 2 is 1.35 bits per heavy atom. The van der Waals surface area contributed by atoms with Crippen molar-refractivity contribution >= 4 is 23.7 Å². The minimum absolute atomic E-state index is 0.209.